The van der Waals surface area contributed by atoms with Crippen molar-refractivity contribution < 1.29 is 14.3 Å². The van der Waals surface area contributed by atoms with Gasteiger partial charge in [-0.1, -0.05) is 24.4 Å². The molecule has 7 nitrogen and oxygen atoms in total. The zero-order chi connectivity index (χ0) is 17.5. The van der Waals surface area contributed by atoms with Gasteiger partial charge in [-0.3, -0.25) is 4.79 Å². The molecular formula is C16H20N4O3S. The van der Waals surface area contributed by atoms with E-state index in [2.05, 4.69) is 11.6 Å². The number of carbonyl (C=O) groups is 2. The number of imidazole rings is 1. The van der Waals surface area contributed by atoms with Gasteiger partial charge in [0.2, 0.25) is 0 Å². The Morgan fingerprint density at radius 2 is 2.42 bits per heavy atom. The molecule has 2 heterocycles. The van der Waals surface area contributed by atoms with Crippen molar-refractivity contribution in [3.05, 3.63) is 30.9 Å². The van der Waals surface area contributed by atoms with E-state index < -0.39 is 0 Å². The zero-order valence-electron chi connectivity index (χ0n) is 13.6. The molecule has 1 aromatic heterocycles. The van der Waals surface area contributed by atoms with Crippen LogP contribution in [0.15, 0.2) is 25.2 Å². The maximum absolute atomic E-state index is 12.2. The highest BCUT2D eigenvalue weighted by Crippen LogP contribution is 2.30. The van der Waals surface area contributed by atoms with Gasteiger partial charge < -0.3 is 14.2 Å². The van der Waals surface area contributed by atoms with Gasteiger partial charge in [0.25, 0.3) is 0 Å². The first-order valence-electron chi connectivity index (χ1n) is 7.67. The molecule has 0 radical (unpaired) electrons. The maximum atomic E-state index is 12.2. The van der Waals surface area contributed by atoms with Gasteiger partial charge in [0, 0.05) is 37.5 Å². The summed E-state index contributed by atoms with van der Waals surface area (Å²) in [5.74, 6) is 0. The van der Waals surface area contributed by atoms with Gasteiger partial charge in [-0.25, -0.2) is 9.78 Å². The Kier molecular flexibility index (Phi) is 6.44. The topological polar surface area (TPSA) is 88.2 Å². The van der Waals surface area contributed by atoms with Crippen molar-refractivity contribution >= 4 is 23.0 Å². The molecule has 0 N–H and O–H groups in total. The second-order valence-electron chi connectivity index (χ2n) is 5.54. The lowest BCUT2D eigenvalue weighted by molar-refractivity contribution is -0.109. The third-order valence-electron chi connectivity index (χ3n) is 3.74. The summed E-state index contributed by atoms with van der Waals surface area (Å²) in [4.78, 5) is 29.2. The van der Waals surface area contributed by atoms with Crippen molar-refractivity contribution in [3.63, 3.8) is 0 Å². The van der Waals surface area contributed by atoms with Gasteiger partial charge in [0.05, 0.1) is 6.33 Å². The molecule has 0 aromatic carbocycles. The highest BCUT2D eigenvalue weighted by molar-refractivity contribution is 8.14. The Morgan fingerprint density at radius 1 is 1.62 bits per heavy atom. The molecule has 0 spiro atoms. The molecule has 0 saturated carbocycles. The maximum Gasteiger partial charge on any atom is 0.410 e. The minimum atomic E-state index is -0.380. The number of amides is 1. The first-order valence-corrected chi connectivity index (χ1v) is 8.54. The van der Waals surface area contributed by atoms with Crippen molar-refractivity contribution in [2.75, 3.05) is 13.2 Å². The molecule has 1 fully saturated rings. The van der Waals surface area contributed by atoms with Crippen molar-refractivity contribution in [3.8, 4) is 6.07 Å². The molecule has 1 aliphatic rings. The van der Waals surface area contributed by atoms with E-state index in [0.29, 0.717) is 25.2 Å². The number of thioether (sulfide) groups is 1. The summed E-state index contributed by atoms with van der Waals surface area (Å²) in [6, 6.07) is 1.98. The molecule has 1 aromatic rings. The van der Waals surface area contributed by atoms with Crippen LogP contribution in [-0.4, -0.2) is 50.1 Å². The summed E-state index contributed by atoms with van der Waals surface area (Å²) < 4.78 is 6.98. The van der Waals surface area contributed by atoms with E-state index in [1.807, 2.05) is 10.6 Å². The smallest absolute Gasteiger partial charge is 0.410 e. The number of hydrogen-bond donors (Lipinski definition) is 0. The van der Waals surface area contributed by atoms with Gasteiger partial charge in [-0.15, -0.1) is 0 Å². The molecule has 1 aliphatic heterocycles. The average molecular weight is 348 g/mol. The Labute approximate surface area is 145 Å². The van der Waals surface area contributed by atoms with Crippen LogP contribution in [0.1, 0.15) is 25.5 Å². The van der Waals surface area contributed by atoms with Gasteiger partial charge in [0.15, 0.2) is 10.8 Å². The monoisotopic (exact) mass is 348 g/mol. The minimum Gasteiger partial charge on any atom is -0.445 e. The fraction of sp³-hybridized carbons (Fsp3) is 0.500. The lowest BCUT2D eigenvalue weighted by Crippen LogP contribution is -2.37. The Bertz CT molecular complexity index is 652. The van der Waals surface area contributed by atoms with E-state index in [1.165, 1.54) is 24.8 Å². The number of ether oxygens (including phenoxy) is 1. The largest absolute Gasteiger partial charge is 0.445 e. The predicted octanol–water partition coefficient (Wildman–Crippen LogP) is 2.19. The molecule has 8 heteroatoms. The Balaban J connectivity index is 1.99. The first-order chi connectivity index (χ1) is 11.5. The molecule has 1 amide bonds. The number of likely N-dealkylation sites (tertiary alicyclic amines) is 1. The number of nitrogens with zero attached hydrogens (tertiary/aromatic N) is 4. The second kappa shape index (κ2) is 8.55. The van der Waals surface area contributed by atoms with Crippen LogP contribution in [0.3, 0.4) is 0 Å². The molecule has 0 aliphatic carbocycles. The van der Waals surface area contributed by atoms with E-state index in [9.17, 15) is 9.59 Å². The highest BCUT2D eigenvalue weighted by Gasteiger charge is 2.36. The number of aromatic nitrogens is 2. The quantitative estimate of drug-likeness (QED) is 0.732. The molecule has 1 saturated heterocycles. The summed E-state index contributed by atoms with van der Waals surface area (Å²) >= 11 is 1.27. The van der Waals surface area contributed by atoms with Gasteiger partial charge in [-0.05, 0) is 12.8 Å². The normalized spacial score (nSPS) is 19.8. The number of carbonyl (C=O) groups excluding carboxylic acids is 2. The molecule has 0 unspecified atom stereocenters. The predicted molar refractivity (Wildman–Crippen MR) is 90.3 cm³/mol. The van der Waals surface area contributed by atoms with Crippen LogP contribution in [0.5, 0.6) is 0 Å². The third kappa shape index (κ3) is 4.86. The van der Waals surface area contributed by atoms with Gasteiger partial charge >= 0.3 is 6.09 Å². The molecule has 2 atom stereocenters. The first kappa shape index (κ1) is 18.1. The van der Waals surface area contributed by atoms with Crippen LogP contribution in [-0.2, 0) is 16.1 Å². The Morgan fingerprint density at radius 3 is 3.04 bits per heavy atom. The number of hydrogen-bond acceptors (Lipinski definition) is 6. The minimum absolute atomic E-state index is 0.00731. The van der Waals surface area contributed by atoms with Crippen LogP contribution in [0.2, 0.25) is 0 Å². The summed E-state index contributed by atoms with van der Waals surface area (Å²) in [5.41, 5.74) is 0.369. The van der Waals surface area contributed by atoms with Gasteiger partial charge in [-0.2, -0.15) is 5.26 Å². The standard InChI is InChI=1S/C16H20N4O3S/c1-3-6-23-16(22)20-10-15(24-12(2)21)7-14(20)4-5-19-9-13(8-17)18-11-19/h3,9,11,14-15H,1,4-7,10H2,2H3/t14-,15+/m1/s1. The second-order valence-corrected chi connectivity index (χ2v) is 7.01. The molecule has 24 heavy (non-hydrogen) atoms. The van der Waals surface area contributed by atoms with E-state index >= 15 is 0 Å². The molecule has 128 valence electrons. The average Bonchev–Trinajstić information content (AvgIpc) is 3.16. The van der Waals surface area contributed by atoms with Crippen LogP contribution >= 0.6 is 11.8 Å². The summed E-state index contributed by atoms with van der Waals surface area (Å²) in [5, 5.41) is 8.94. The van der Waals surface area contributed by atoms with Crippen molar-refractivity contribution in [2.45, 2.75) is 37.6 Å². The van der Waals surface area contributed by atoms with Crippen molar-refractivity contribution in [1.82, 2.24) is 14.5 Å². The molecular weight excluding hydrogens is 328 g/mol. The van der Waals surface area contributed by atoms with Crippen LogP contribution in [0.25, 0.3) is 0 Å². The van der Waals surface area contributed by atoms with Crippen LogP contribution < -0.4 is 0 Å². The number of rotatable bonds is 6. The highest BCUT2D eigenvalue weighted by atomic mass is 32.2. The lowest BCUT2D eigenvalue weighted by Gasteiger charge is -2.23. The summed E-state index contributed by atoms with van der Waals surface area (Å²) in [6.45, 7) is 6.38. The lowest BCUT2D eigenvalue weighted by atomic mass is 10.1. The van der Waals surface area contributed by atoms with E-state index in [-0.39, 0.29) is 29.1 Å². The Hall–Kier alpha value is -2.27. The van der Waals surface area contributed by atoms with Gasteiger partial charge in [0.1, 0.15) is 12.7 Å². The van der Waals surface area contributed by atoms with Crippen molar-refractivity contribution in [1.29, 1.82) is 5.26 Å². The zero-order valence-corrected chi connectivity index (χ0v) is 14.4. The summed E-state index contributed by atoms with van der Waals surface area (Å²) in [6.07, 6.45) is 5.88. The van der Waals surface area contributed by atoms with Crippen LogP contribution in [0, 0.1) is 11.3 Å². The van der Waals surface area contributed by atoms with Crippen LogP contribution in [0.4, 0.5) is 4.79 Å². The fourth-order valence-electron chi connectivity index (χ4n) is 2.74. The number of nitriles is 1. The van der Waals surface area contributed by atoms with Crippen molar-refractivity contribution in [2.24, 2.45) is 0 Å². The number of aryl methyl sites for hydroxylation is 1. The fourth-order valence-corrected chi connectivity index (χ4v) is 3.77. The van der Waals surface area contributed by atoms with E-state index in [0.717, 1.165) is 6.42 Å². The molecule has 2 rings (SSSR count). The van der Waals surface area contributed by atoms with E-state index in [1.54, 1.807) is 17.4 Å². The SMILES string of the molecule is C=CCOC(=O)N1C[C@@H](SC(C)=O)C[C@H]1CCn1cnc(C#N)c1. The third-order valence-corrected chi connectivity index (χ3v) is 4.74. The molecule has 0 bridgehead atoms. The van der Waals surface area contributed by atoms with E-state index in [4.69, 9.17) is 10.00 Å². The summed E-state index contributed by atoms with van der Waals surface area (Å²) in [7, 11) is 0.